The number of aromatic nitrogens is 4. The molecule has 0 N–H and O–H groups in total. The molecule has 0 amide bonds. The molecule has 2 rings (SSSR count). The quantitative estimate of drug-likeness (QED) is 0.811. The topological polar surface area (TPSA) is 60.7 Å². The lowest BCUT2D eigenvalue weighted by molar-refractivity contribution is 0.0940. The molecule has 6 heteroatoms. The van der Waals surface area contributed by atoms with Gasteiger partial charge >= 0.3 is 0 Å². The summed E-state index contributed by atoms with van der Waals surface area (Å²) in [7, 11) is 0. The first-order valence-corrected chi connectivity index (χ1v) is 7.74. The van der Waals surface area contributed by atoms with Crippen LogP contribution in [0.25, 0.3) is 0 Å². The second-order valence-electron chi connectivity index (χ2n) is 7.32. The molecular formula is C15H22N4OS. The third-order valence-electron chi connectivity index (χ3n) is 3.28. The smallest absolute Gasteiger partial charge is 0.266 e. The van der Waals surface area contributed by atoms with Gasteiger partial charge in [0.25, 0.3) is 5.91 Å². The van der Waals surface area contributed by atoms with Crippen LogP contribution in [0, 0.1) is 6.92 Å². The summed E-state index contributed by atoms with van der Waals surface area (Å²) < 4.78 is 5.36. The summed E-state index contributed by atoms with van der Waals surface area (Å²) in [5.41, 5.74) is 2.20. The number of hydrogen-bond donors (Lipinski definition) is 0. The van der Waals surface area contributed by atoms with Gasteiger partial charge in [-0.2, -0.15) is 9.78 Å². The maximum atomic E-state index is 12.8. The molecule has 21 heavy (non-hydrogen) atoms. The Bertz CT molecular complexity index is 671. The number of hydrogen-bond acceptors (Lipinski definition) is 5. The van der Waals surface area contributed by atoms with Gasteiger partial charge in [-0.05, 0) is 24.5 Å². The Hall–Kier alpha value is -1.56. The van der Waals surface area contributed by atoms with Gasteiger partial charge in [-0.15, -0.1) is 5.10 Å². The van der Waals surface area contributed by atoms with Crippen LogP contribution in [0.2, 0.25) is 0 Å². The highest BCUT2D eigenvalue weighted by molar-refractivity contribution is 7.08. The lowest BCUT2D eigenvalue weighted by Crippen LogP contribution is -2.24. The molecule has 0 atom stereocenters. The van der Waals surface area contributed by atoms with E-state index in [0.717, 1.165) is 22.9 Å². The lowest BCUT2D eigenvalue weighted by atomic mass is 9.88. The highest BCUT2D eigenvalue weighted by Gasteiger charge is 2.29. The second kappa shape index (κ2) is 5.02. The van der Waals surface area contributed by atoms with E-state index in [0.29, 0.717) is 10.6 Å². The molecule has 0 aliphatic heterocycles. The van der Waals surface area contributed by atoms with Gasteiger partial charge in [0.1, 0.15) is 4.88 Å². The first kappa shape index (κ1) is 15.8. The maximum Gasteiger partial charge on any atom is 0.292 e. The third-order valence-corrected chi connectivity index (χ3v) is 4.10. The summed E-state index contributed by atoms with van der Waals surface area (Å²) in [5.74, 6) is -0.150. The van der Waals surface area contributed by atoms with Gasteiger partial charge in [0.2, 0.25) is 0 Å². The maximum absolute atomic E-state index is 12.8. The van der Waals surface area contributed by atoms with Crippen molar-refractivity contribution in [3.05, 3.63) is 28.0 Å². The molecular weight excluding hydrogens is 284 g/mol. The summed E-state index contributed by atoms with van der Waals surface area (Å²) in [4.78, 5) is 13.3. The van der Waals surface area contributed by atoms with Gasteiger partial charge in [0.05, 0.1) is 17.1 Å². The van der Waals surface area contributed by atoms with Crippen LogP contribution in [0.3, 0.4) is 0 Å². The highest BCUT2D eigenvalue weighted by Crippen LogP contribution is 2.29. The van der Waals surface area contributed by atoms with Crippen molar-refractivity contribution in [1.82, 2.24) is 19.4 Å². The van der Waals surface area contributed by atoms with Crippen LogP contribution in [-0.2, 0) is 10.8 Å². The Balaban J connectivity index is 2.60. The SMILES string of the molecule is Cc1nnsc1C(=O)n1nc(C(C)(C)C)cc1C(C)(C)C. The van der Waals surface area contributed by atoms with Gasteiger partial charge in [-0.1, -0.05) is 46.0 Å². The van der Waals surface area contributed by atoms with E-state index in [1.165, 1.54) is 4.68 Å². The van der Waals surface area contributed by atoms with Crippen LogP contribution in [0.1, 0.15) is 68.3 Å². The molecule has 0 unspecified atom stereocenters. The summed E-state index contributed by atoms with van der Waals surface area (Å²) in [6.45, 7) is 14.3. The Morgan fingerprint density at radius 1 is 1.14 bits per heavy atom. The molecule has 0 aliphatic carbocycles. The first-order valence-electron chi connectivity index (χ1n) is 6.96. The van der Waals surface area contributed by atoms with Crippen molar-refractivity contribution in [3.8, 4) is 0 Å². The van der Waals surface area contributed by atoms with Gasteiger partial charge in [0, 0.05) is 10.8 Å². The van der Waals surface area contributed by atoms with Crippen LogP contribution in [0.4, 0.5) is 0 Å². The fourth-order valence-electron chi connectivity index (χ4n) is 1.96. The molecule has 0 saturated carbocycles. The van der Waals surface area contributed by atoms with Crippen molar-refractivity contribution >= 4 is 17.4 Å². The molecule has 0 bridgehead atoms. The van der Waals surface area contributed by atoms with E-state index in [1.54, 1.807) is 6.92 Å². The molecule has 0 spiro atoms. The van der Waals surface area contributed by atoms with Crippen LogP contribution in [0.5, 0.6) is 0 Å². The molecule has 0 aromatic carbocycles. The number of nitrogens with zero attached hydrogens (tertiary/aromatic N) is 4. The van der Waals surface area contributed by atoms with E-state index in [-0.39, 0.29) is 16.7 Å². The van der Waals surface area contributed by atoms with Crippen LogP contribution >= 0.6 is 11.5 Å². The number of carbonyl (C=O) groups excluding carboxylic acids is 1. The molecule has 0 aliphatic rings. The van der Waals surface area contributed by atoms with E-state index in [1.807, 2.05) is 6.07 Å². The predicted octanol–water partition coefficient (Wildman–Crippen LogP) is 3.33. The summed E-state index contributed by atoms with van der Waals surface area (Å²) in [6.07, 6.45) is 0. The minimum absolute atomic E-state index is 0.105. The molecule has 114 valence electrons. The van der Waals surface area contributed by atoms with E-state index in [4.69, 9.17) is 0 Å². The monoisotopic (exact) mass is 306 g/mol. The molecule has 0 radical (unpaired) electrons. The van der Waals surface area contributed by atoms with E-state index in [9.17, 15) is 4.79 Å². The van der Waals surface area contributed by atoms with Crippen LogP contribution in [-0.4, -0.2) is 25.3 Å². The van der Waals surface area contributed by atoms with Gasteiger partial charge in [0.15, 0.2) is 0 Å². The molecule has 2 heterocycles. The number of rotatable bonds is 1. The minimum Gasteiger partial charge on any atom is -0.266 e. The minimum atomic E-state index is -0.168. The largest absolute Gasteiger partial charge is 0.292 e. The summed E-state index contributed by atoms with van der Waals surface area (Å²) in [6, 6.07) is 2.03. The summed E-state index contributed by atoms with van der Waals surface area (Å²) in [5, 5.41) is 8.48. The highest BCUT2D eigenvalue weighted by atomic mass is 32.1. The molecule has 2 aromatic heterocycles. The van der Waals surface area contributed by atoms with Crippen molar-refractivity contribution < 1.29 is 4.79 Å². The van der Waals surface area contributed by atoms with Crippen LogP contribution < -0.4 is 0 Å². The van der Waals surface area contributed by atoms with Gasteiger partial charge in [-0.3, -0.25) is 4.79 Å². The number of carbonyl (C=O) groups is 1. The first-order chi connectivity index (χ1) is 9.51. The average molecular weight is 306 g/mol. The Labute approximate surface area is 129 Å². The van der Waals surface area contributed by atoms with Crippen molar-refractivity contribution in [1.29, 1.82) is 0 Å². The van der Waals surface area contributed by atoms with Crippen molar-refractivity contribution in [2.24, 2.45) is 0 Å². The number of aryl methyl sites for hydroxylation is 1. The van der Waals surface area contributed by atoms with Crippen molar-refractivity contribution in [2.45, 2.75) is 59.3 Å². The van der Waals surface area contributed by atoms with Gasteiger partial charge < -0.3 is 0 Å². The lowest BCUT2D eigenvalue weighted by Gasteiger charge is -2.19. The van der Waals surface area contributed by atoms with E-state index < -0.39 is 0 Å². The Morgan fingerprint density at radius 2 is 1.76 bits per heavy atom. The Kier molecular flexibility index (Phi) is 3.78. The van der Waals surface area contributed by atoms with Crippen molar-refractivity contribution in [3.63, 3.8) is 0 Å². The van der Waals surface area contributed by atoms with Gasteiger partial charge in [-0.25, -0.2) is 0 Å². The molecule has 0 saturated heterocycles. The standard InChI is InChI=1S/C15H22N4OS/c1-9-12(21-18-16-9)13(20)19-11(15(5,6)7)8-10(17-19)14(2,3)4/h8H,1-7H3. The van der Waals surface area contributed by atoms with Crippen LogP contribution in [0.15, 0.2) is 6.07 Å². The zero-order valence-corrected chi connectivity index (χ0v) is 14.5. The second-order valence-corrected chi connectivity index (χ2v) is 8.07. The molecule has 0 fully saturated rings. The zero-order valence-electron chi connectivity index (χ0n) is 13.7. The Morgan fingerprint density at radius 3 is 2.19 bits per heavy atom. The zero-order chi connectivity index (χ0) is 16.0. The van der Waals surface area contributed by atoms with E-state index >= 15 is 0 Å². The predicted molar refractivity (Wildman–Crippen MR) is 84.0 cm³/mol. The average Bonchev–Trinajstić information content (AvgIpc) is 2.91. The normalized spacial score (nSPS) is 12.7. The molecule has 2 aromatic rings. The van der Waals surface area contributed by atoms with Crippen molar-refractivity contribution in [2.75, 3.05) is 0 Å². The fourth-order valence-corrected chi connectivity index (χ4v) is 2.54. The third kappa shape index (κ3) is 3.05. The van der Waals surface area contributed by atoms with E-state index in [2.05, 4.69) is 56.2 Å². The fraction of sp³-hybridized carbons (Fsp3) is 0.600. The molecule has 5 nitrogen and oxygen atoms in total. The summed E-state index contributed by atoms with van der Waals surface area (Å²) >= 11 is 1.12.